The van der Waals surface area contributed by atoms with E-state index >= 15 is 0 Å². The average molecular weight is 242 g/mol. The maximum Gasteiger partial charge on any atom is 0.345 e. The predicted molar refractivity (Wildman–Crippen MR) is 73.7 cm³/mol. The Morgan fingerprint density at radius 2 is 1.89 bits per heavy atom. The summed E-state index contributed by atoms with van der Waals surface area (Å²) in [6.07, 6.45) is 1.53. The summed E-state index contributed by atoms with van der Waals surface area (Å²) in [5.41, 5.74) is 4.13. The van der Waals surface area contributed by atoms with Gasteiger partial charge in [0.05, 0.1) is 5.69 Å². The summed E-state index contributed by atoms with van der Waals surface area (Å²) in [4.78, 5) is 17.6. The van der Waals surface area contributed by atoms with Gasteiger partial charge in [-0.2, -0.15) is 0 Å². The summed E-state index contributed by atoms with van der Waals surface area (Å²) in [7, 11) is 0. The molecule has 0 amide bonds. The summed E-state index contributed by atoms with van der Waals surface area (Å²) in [5, 5.41) is 0. The monoisotopic (exact) mass is 242 g/mol. The van der Waals surface area contributed by atoms with Gasteiger partial charge >= 0.3 is 5.69 Å². The molecule has 0 aliphatic heterocycles. The second kappa shape index (κ2) is 4.41. The fourth-order valence-electron chi connectivity index (χ4n) is 1.96. The number of H-pyrrole nitrogens is 1. The van der Waals surface area contributed by atoms with Crippen LogP contribution >= 0.6 is 0 Å². The first-order chi connectivity index (χ1) is 8.38. The van der Waals surface area contributed by atoms with Crippen LogP contribution in [0.3, 0.4) is 0 Å². The highest BCUT2D eigenvalue weighted by atomic mass is 16.1. The van der Waals surface area contributed by atoms with E-state index in [-0.39, 0.29) is 11.1 Å². The van der Waals surface area contributed by atoms with Gasteiger partial charge in [0, 0.05) is 11.8 Å². The molecule has 2 rings (SSSR count). The Balaban J connectivity index is 2.52. The topological polar surface area (TPSA) is 45.8 Å². The highest BCUT2D eigenvalue weighted by molar-refractivity contribution is 5.63. The van der Waals surface area contributed by atoms with Crippen LogP contribution in [0, 0.1) is 6.92 Å². The molecule has 3 heteroatoms. The van der Waals surface area contributed by atoms with E-state index in [0.29, 0.717) is 0 Å². The number of aromatic nitrogens is 2. The molecule has 1 heterocycles. The van der Waals surface area contributed by atoms with E-state index in [1.54, 1.807) is 0 Å². The summed E-state index contributed by atoms with van der Waals surface area (Å²) in [5.74, 6) is 0. The van der Waals surface area contributed by atoms with Gasteiger partial charge in [-0.25, -0.2) is 9.78 Å². The number of hydrogen-bond acceptors (Lipinski definition) is 2. The molecular formula is C15H18N2O. The summed E-state index contributed by atoms with van der Waals surface area (Å²) >= 11 is 0. The van der Waals surface area contributed by atoms with Crippen molar-refractivity contribution in [2.75, 3.05) is 0 Å². The first-order valence-electron chi connectivity index (χ1n) is 6.05. The number of hydrogen-bond donors (Lipinski definition) is 1. The highest BCUT2D eigenvalue weighted by Gasteiger charge is 2.14. The Labute approximate surface area is 107 Å². The molecule has 1 N–H and O–H groups in total. The molecule has 0 radical (unpaired) electrons. The van der Waals surface area contributed by atoms with Crippen LogP contribution in [0.1, 0.15) is 31.9 Å². The van der Waals surface area contributed by atoms with Gasteiger partial charge in [-0.1, -0.05) is 39.0 Å². The van der Waals surface area contributed by atoms with Gasteiger partial charge in [-0.3, -0.25) is 0 Å². The van der Waals surface area contributed by atoms with Gasteiger partial charge in [-0.15, -0.1) is 0 Å². The van der Waals surface area contributed by atoms with Crippen LogP contribution in [0.15, 0.2) is 35.3 Å². The number of rotatable bonds is 1. The lowest BCUT2D eigenvalue weighted by Crippen LogP contribution is -2.12. The van der Waals surface area contributed by atoms with Crippen LogP contribution in [-0.4, -0.2) is 9.97 Å². The standard InChI is InChI=1S/C15H18N2O/c1-10-9-11(15(2,3)4)5-6-12(10)13-7-8-16-14(18)17-13/h5-9H,1-4H3,(H,16,17,18). The van der Waals surface area contributed by atoms with E-state index in [1.165, 1.54) is 11.8 Å². The van der Waals surface area contributed by atoms with Crippen molar-refractivity contribution in [1.29, 1.82) is 0 Å². The summed E-state index contributed by atoms with van der Waals surface area (Å²) < 4.78 is 0. The third kappa shape index (κ3) is 2.50. The molecule has 2 aromatic rings. The van der Waals surface area contributed by atoms with Crippen molar-refractivity contribution < 1.29 is 0 Å². The lowest BCUT2D eigenvalue weighted by molar-refractivity contribution is 0.590. The molecule has 3 nitrogen and oxygen atoms in total. The molecule has 1 aromatic heterocycles. The lowest BCUT2D eigenvalue weighted by Gasteiger charge is -2.20. The quantitative estimate of drug-likeness (QED) is 0.835. The number of aromatic amines is 1. The fourth-order valence-corrected chi connectivity index (χ4v) is 1.96. The SMILES string of the molecule is Cc1cc(C(C)(C)C)ccc1-c1ccnc(=O)[nH]1. The zero-order valence-corrected chi connectivity index (χ0v) is 11.2. The first-order valence-corrected chi connectivity index (χ1v) is 6.05. The second-order valence-electron chi connectivity index (χ2n) is 5.57. The largest absolute Gasteiger partial charge is 0.345 e. The molecule has 18 heavy (non-hydrogen) atoms. The highest BCUT2D eigenvalue weighted by Crippen LogP contribution is 2.27. The van der Waals surface area contributed by atoms with Crippen LogP contribution in [0.25, 0.3) is 11.3 Å². The van der Waals surface area contributed by atoms with Crippen molar-refractivity contribution in [3.63, 3.8) is 0 Å². The van der Waals surface area contributed by atoms with Crippen molar-refractivity contribution >= 4 is 0 Å². The molecular weight excluding hydrogens is 224 g/mol. The van der Waals surface area contributed by atoms with Gasteiger partial charge in [0.25, 0.3) is 0 Å². The van der Waals surface area contributed by atoms with Crippen molar-refractivity contribution in [1.82, 2.24) is 9.97 Å². The van der Waals surface area contributed by atoms with Crippen molar-refractivity contribution in [3.8, 4) is 11.3 Å². The Morgan fingerprint density at radius 3 is 2.44 bits per heavy atom. The zero-order chi connectivity index (χ0) is 13.3. The van der Waals surface area contributed by atoms with Gasteiger partial charge in [0.1, 0.15) is 0 Å². The minimum atomic E-state index is -0.313. The summed E-state index contributed by atoms with van der Waals surface area (Å²) in [6, 6.07) is 8.16. The fraction of sp³-hybridized carbons (Fsp3) is 0.333. The third-order valence-corrected chi connectivity index (χ3v) is 3.06. The van der Waals surface area contributed by atoms with E-state index in [1.807, 2.05) is 6.07 Å². The number of benzene rings is 1. The molecule has 94 valence electrons. The molecule has 0 atom stereocenters. The molecule has 0 spiro atoms. The minimum absolute atomic E-state index is 0.134. The predicted octanol–water partition coefficient (Wildman–Crippen LogP) is 3.04. The maximum atomic E-state index is 11.2. The maximum absolute atomic E-state index is 11.2. The number of nitrogens with one attached hydrogen (secondary N) is 1. The Hall–Kier alpha value is -1.90. The van der Waals surface area contributed by atoms with Crippen LogP contribution in [0.4, 0.5) is 0 Å². The average Bonchev–Trinajstić information content (AvgIpc) is 2.27. The van der Waals surface area contributed by atoms with Crippen LogP contribution < -0.4 is 5.69 Å². The minimum Gasteiger partial charge on any atom is -0.305 e. The van der Waals surface area contributed by atoms with Crippen LogP contribution in [0.2, 0.25) is 0 Å². The van der Waals surface area contributed by atoms with Crippen molar-refractivity contribution in [2.45, 2.75) is 33.1 Å². The van der Waals surface area contributed by atoms with Crippen LogP contribution in [-0.2, 0) is 5.41 Å². The number of aryl methyl sites for hydroxylation is 1. The van der Waals surface area contributed by atoms with Gasteiger partial charge in [-0.05, 0) is 29.5 Å². The third-order valence-electron chi connectivity index (χ3n) is 3.06. The normalized spacial score (nSPS) is 11.6. The molecule has 0 fully saturated rings. The second-order valence-corrected chi connectivity index (χ2v) is 5.57. The molecule has 0 bridgehead atoms. The van der Waals surface area contributed by atoms with Gasteiger partial charge < -0.3 is 4.98 Å². The molecule has 1 aromatic carbocycles. The molecule has 0 unspecified atom stereocenters. The van der Waals surface area contributed by atoms with E-state index in [9.17, 15) is 4.79 Å². The Bertz CT molecular complexity index is 621. The van der Waals surface area contributed by atoms with E-state index in [0.717, 1.165) is 16.8 Å². The van der Waals surface area contributed by atoms with E-state index < -0.39 is 0 Å². The number of nitrogens with zero attached hydrogens (tertiary/aromatic N) is 1. The van der Waals surface area contributed by atoms with Crippen LogP contribution in [0.5, 0.6) is 0 Å². The molecule has 0 saturated heterocycles. The van der Waals surface area contributed by atoms with Gasteiger partial charge in [0.2, 0.25) is 0 Å². The zero-order valence-electron chi connectivity index (χ0n) is 11.2. The molecule has 0 aliphatic rings. The van der Waals surface area contributed by atoms with Gasteiger partial charge in [0.15, 0.2) is 0 Å². The van der Waals surface area contributed by atoms with Crippen molar-refractivity contribution in [2.24, 2.45) is 0 Å². The Kier molecular flexibility index (Phi) is 3.07. The lowest BCUT2D eigenvalue weighted by atomic mass is 9.85. The first kappa shape index (κ1) is 12.6. The molecule has 0 saturated carbocycles. The molecule has 0 aliphatic carbocycles. The summed E-state index contributed by atoms with van der Waals surface area (Å²) in [6.45, 7) is 8.63. The van der Waals surface area contributed by atoms with Crippen molar-refractivity contribution in [3.05, 3.63) is 52.1 Å². The van der Waals surface area contributed by atoms with E-state index in [2.05, 4.69) is 55.9 Å². The smallest absolute Gasteiger partial charge is 0.305 e. The Morgan fingerprint density at radius 1 is 1.17 bits per heavy atom. The van der Waals surface area contributed by atoms with E-state index in [4.69, 9.17) is 0 Å².